The van der Waals surface area contributed by atoms with E-state index in [0.29, 0.717) is 6.54 Å². The van der Waals surface area contributed by atoms with Crippen molar-refractivity contribution in [3.05, 3.63) is 39.4 Å². The molecule has 0 aliphatic carbocycles. The second kappa shape index (κ2) is 8.41. The van der Waals surface area contributed by atoms with Gasteiger partial charge in [0.15, 0.2) is 6.61 Å². The third-order valence-corrected chi connectivity index (χ3v) is 4.24. The summed E-state index contributed by atoms with van der Waals surface area (Å²) in [6.07, 6.45) is 2.85. The van der Waals surface area contributed by atoms with E-state index in [-0.39, 0.29) is 23.1 Å². The Labute approximate surface area is 150 Å². The summed E-state index contributed by atoms with van der Waals surface area (Å²) in [6, 6.07) is 3.21. The number of carbonyl (C=O) groups excluding carboxylic acids is 3. The topological polar surface area (TPSA) is 116 Å². The second-order valence-corrected chi connectivity index (χ2v) is 6.03. The number of hydrogen-bond donors (Lipinski definition) is 0. The van der Waals surface area contributed by atoms with E-state index >= 15 is 0 Å². The molecule has 1 fully saturated rings. The molecule has 0 spiro atoms. The third kappa shape index (κ3) is 4.56. The van der Waals surface area contributed by atoms with E-state index in [0.717, 1.165) is 44.6 Å². The maximum atomic E-state index is 12.2. The first-order valence-electron chi connectivity index (χ1n) is 8.18. The molecule has 1 aliphatic rings. The molecule has 1 atom stereocenters. The summed E-state index contributed by atoms with van der Waals surface area (Å²) in [4.78, 5) is 47.9. The van der Waals surface area contributed by atoms with Crippen LogP contribution < -0.4 is 0 Å². The van der Waals surface area contributed by atoms with Crippen molar-refractivity contribution in [2.75, 3.05) is 20.3 Å². The van der Waals surface area contributed by atoms with Gasteiger partial charge in [0.1, 0.15) is 0 Å². The normalized spacial score (nSPS) is 16.7. The van der Waals surface area contributed by atoms with Gasteiger partial charge in [-0.1, -0.05) is 0 Å². The van der Waals surface area contributed by atoms with E-state index in [1.807, 2.05) is 6.92 Å². The van der Waals surface area contributed by atoms with Gasteiger partial charge in [-0.15, -0.1) is 0 Å². The number of rotatable bonds is 5. The quantitative estimate of drug-likeness (QED) is 0.445. The minimum absolute atomic E-state index is 0.0821. The second-order valence-electron chi connectivity index (χ2n) is 6.03. The summed E-state index contributed by atoms with van der Waals surface area (Å²) in [7, 11) is 1.12. The van der Waals surface area contributed by atoms with Gasteiger partial charge in [-0.3, -0.25) is 14.9 Å². The van der Waals surface area contributed by atoms with Crippen LogP contribution in [0.1, 0.15) is 46.9 Å². The van der Waals surface area contributed by atoms with Gasteiger partial charge in [-0.05, 0) is 32.3 Å². The molecule has 1 aromatic carbocycles. The van der Waals surface area contributed by atoms with Crippen molar-refractivity contribution < 1.29 is 28.8 Å². The number of benzene rings is 1. The number of nitrogens with zero attached hydrogens (tertiary/aromatic N) is 2. The highest BCUT2D eigenvalue weighted by atomic mass is 16.6. The van der Waals surface area contributed by atoms with Crippen LogP contribution in [0, 0.1) is 10.1 Å². The number of carbonyl (C=O) groups is 3. The fourth-order valence-electron chi connectivity index (χ4n) is 2.83. The van der Waals surface area contributed by atoms with E-state index in [2.05, 4.69) is 4.74 Å². The number of likely N-dealkylation sites (tertiary alicyclic amines) is 1. The monoisotopic (exact) mass is 364 g/mol. The summed E-state index contributed by atoms with van der Waals surface area (Å²) >= 11 is 0. The van der Waals surface area contributed by atoms with Gasteiger partial charge in [-0.25, -0.2) is 9.59 Å². The maximum Gasteiger partial charge on any atom is 0.338 e. The first-order valence-corrected chi connectivity index (χ1v) is 8.18. The standard InChI is InChI=1S/C17H20N2O7/c1-11-5-3-4-6-18(11)15(20)10-26-17(22)13-7-12(16(21)25-2)8-14(9-13)19(23)24/h7-9,11H,3-6,10H2,1-2H3/t11-/m1/s1. The Hall–Kier alpha value is -2.97. The number of non-ortho nitro benzene ring substituents is 1. The average Bonchev–Trinajstić information content (AvgIpc) is 2.65. The molecule has 0 saturated carbocycles. The molecule has 26 heavy (non-hydrogen) atoms. The number of hydrogen-bond acceptors (Lipinski definition) is 7. The van der Waals surface area contributed by atoms with Crippen LogP contribution in [0.3, 0.4) is 0 Å². The predicted octanol–water partition coefficient (Wildman–Crippen LogP) is 1.94. The number of ether oxygens (including phenoxy) is 2. The van der Waals surface area contributed by atoms with Crippen molar-refractivity contribution >= 4 is 23.5 Å². The van der Waals surface area contributed by atoms with Crippen LogP contribution in [0.2, 0.25) is 0 Å². The van der Waals surface area contributed by atoms with Crippen molar-refractivity contribution in [2.24, 2.45) is 0 Å². The summed E-state index contributed by atoms with van der Waals surface area (Å²) < 4.78 is 9.51. The van der Waals surface area contributed by atoms with Crippen molar-refractivity contribution in [3.8, 4) is 0 Å². The minimum atomic E-state index is -0.920. The van der Waals surface area contributed by atoms with Gasteiger partial charge in [-0.2, -0.15) is 0 Å². The lowest BCUT2D eigenvalue weighted by atomic mass is 10.0. The van der Waals surface area contributed by atoms with Crippen LogP contribution in [0.5, 0.6) is 0 Å². The first-order chi connectivity index (χ1) is 12.3. The first kappa shape index (κ1) is 19.4. The molecule has 2 rings (SSSR count). The van der Waals surface area contributed by atoms with E-state index in [1.165, 1.54) is 0 Å². The Morgan fingerprint density at radius 3 is 2.42 bits per heavy atom. The zero-order chi connectivity index (χ0) is 19.3. The number of methoxy groups -OCH3 is 1. The number of piperidine rings is 1. The number of amides is 1. The van der Waals surface area contributed by atoms with E-state index in [1.54, 1.807) is 4.90 Å². The molecule has 1 heterocycles. The third-order valence-electron chi connectivity index (χ3n) is 4.24. The predicted molar refractivity (Wildman–Crippen MR) is 89.7 cm³/mol. The highest BCUT2D eigenvalue weighted by molar-refractivity contribution is 5.97. The lowest BCUT2D eigenvalue weighted by Gasteiger charge is -2.33. The zero-order valence-corrected chi connectivity index (χ0v) is 14.6. The molecular weight excluding hydrogens is 344 g/mol. The lowest BCUT2D eigenvalue weighted by molar-refractivity contribution is -0.384. The molecule has 0 radical (unpaired) electrons. The highest BCUT2D eigenvalue weighted by Gasteiger charge is 2.25. The molecule has 0 aromatic heterocycles. The SMILES string of the molecule is COC(=O)c1cc(C(=O)OCC(=O)N2CCCC[C@H]2C)cc([N+](=O)[O-])c1. The molecule has 9 heteroatoms. The molecule has 1 saturated heterocycles. The molecule has 0 bridgehead atoms. The number of nitro benzene ring substituents is 1. The largest absolute Gasteiger partial charge is 0.465 e. The Morgan fingerprint density at radius 1 is 1.19 bits per heavy atom. The van der Waals surface area contributed by atoms with Gasteiger partial charge in [0.2, 0.25) is 0 Å². The minimum Gasteiger partial charge on any atom is -0.465 e. The summed E-state index contributed by atoms with van der Waals surface area (Å²) in [5.41, 5.74) is -0.792. The van der Waals surface area contributed by atoms with Crippen LogP contribution in [0.15, 0.2) is 18.2 Å². The van der Waals surface area contributed by atoms with Gasteiger partial charge in [0, 0.05) is 24.7 Å². The lowest BCUT2D eigenvalue weighted by Crippen LogP contribution is -2.44. The summed E-state index contributed by atoms with van der Waals surface area (Å²) in [5.74, 6) is -2.05. The van der Waals surface area contributed by atoms with Gasteiger partial charge in [0.05, 0.1) is 23.2 Å². The van der Waals surface area contributed by atoms with Crippen molar-refractivity contribution in [1.82, 2.24) is 4.90 Å². The fourth-order valence-corrected chi connectivity index (χ4v) is 2.83. The fraction of sp³-hybridized carbons (Fsp3) is 0.471. The van der Waals surface area contributed by atoms with Crippen molar-refractivity contribution in [1.29, 1.82) is 0 Å². The smallest absolute Gasteiger partial charge is 0.338 e. The van der Waals surface area contributed by atoms with Crippen LogP contribution in [-0.2, 0) is 14.3 Å². The summed E-state index contributed by atoms with van der Waals surface area (Å²) in [6.45, 7) is 2.09. The number of esters is 2. The summed E-state index contributed by atoms with van der Waals surface area (Å²) in [5, 5.41) is 11.0. The van der Waals surface area contributed by atoms with Crippen LogP contribution in [-0.4, -0.2) is 54.0 Å². The van der Waals surface area contributed by atoms with Crippen LogP contribution >= 0.6 is 0 Å². The Morgan fingerprint density at radius 2 is 1.85 bits per heavy atom. The molecule has 1 amide bonds. The van der Waals surface area contributed by atoms with Crippen molar-refractivity contribution in [3.63, 3.8) is 0 Å². The molecule has 1 aliphatic heterocycles. The van der Waals surface area contributed by atoms with Crippen molar-refractivity contribution in [2.45, 2.75) is 32.2 Å². The molecule has 9 nitrogen and oxygen atoms in total. The Bertz CT molecular complexity index is 732. The van der Waals surface area contributed by atoms with Crippen LogP contribution in [0.4, 0.5) is 5.69 Å². The maximum absolute atomic E-state index is 12.2. The molecule has 140 valence electrons. The van der Waals surface area contributed by atoms with E-state index in [4.69, 9.17) is 4.74 Å². The molecule has 1 aromatic rings. The highest BCUT2D eigenvalue weighted by Crippen LogP contribution is 2.20. The van der Waals surface area contributed by atoms with E-state index in [9.17, 15) is 24.5 Å². The van der Waals surface area contributed by atoms with Crippen LogP contribution in [0.25, 0.3) is 0 Å². The van der Waals surface area contributed by atoms with Gasteiger partial charge >= 0.3 is 11.9 Å². The van der Waals surface area contributed by atoms with Gasteiger partial charge < -0.3 is 14.4 Å². The molecular formula is C17H20N2O7. The number of nitro groups is 1. The Balaban J connectivity index is 2.10. The van der Waals surface area contributed by atoms with Gasteiger partial charge in [0.25, 0.3) is 11.6 Å². The Kier molecular flexibility index (Phi) is 6.26. The zero-order valence-electron chi connectivity index (χ0n) is 14.6. The molecule has 0 N–H and O–H groups in total. The average molecular weight is 364 g/mol. The van der Waals surface area contributed by atoms with E-state index < -0.39 is 29.2 Å². The molecule has 0 unspecified atom stereocenters.